The Morgan fingerprint density at radius 3 is 2.50 bits per heavy atom. The zero-order valence-corrected chi connectivity index (χ0v) is 10.6. The second kappa shape index (κ2) is 4.98. The summed E-state index contributed by atoms with van der Waals surface area (Å²) < 4.78 is 0. The summed E-state index contributed by atoms with van der Waals surface area (Å²) in [6.45, 7) is 5.68. The van der Waals surface area contributed by atoms with Crippen LogP contribution in [0.15, 0.2) is 24.3 Å². The third kappa shape index (κ3) is 2.83. The Bertz CT molecular complexity index is 329. The van der Waals surface area contributed by atoms with Gasteiger partial charge in [0.15, 0.2) is 0 Å². The lowest BCUT2D eigenvalue weighted by atomic mass is 10.1. The molecule has 0 bridgehead atoms. The highest BCUT2D eigenvalue weighted by molar-refractivity contribution is 5.21. The minimum absolute atomic E-state index is 0.741. The molecule has 1 fully saturated rings. The first-order valence-corrected chi connectivity index (χ1v) is 6.09. The van der Waals surface area contributed by atoms with Crippen molar-refractivity contribution in [2.24, 2.45) is 0 Å². The van der Waals surface area contributed by atoms with Crippen LogP contribution in [0.3, 0.4) is 0 Å². The van der Waals surface area contributed by atoms with Gasteiger partial charge in [0.25, 0.3) is 0 Å². The summed E-state index contributed by atoms with van der Waals surface area (Å²) in [4.78, 5) is 4.89. The van der Waals surface area contributed by atoms with E-state index in [1.54, 1.807) is 0 Å². The van der Waals surface area contributed by atoms with Gasteiger partial charge >= 0.3 is 0 Å². The van der Waals surface area contributed by atoms with Crippen LogP contribution in [0, 0.1) is 6.92 Å². The van der Waals surface area contributed by atoms with Gasteiger partial charge in [0, 0.05) is 25.7 Å². The molecule has 88 valence electrons. The summed E-state index contributed by atoms with van der Waals surface area (Å²) in [6, 6.07) is 9.64. The Kier molecular flexibility index (Phi) is 3.62. The molecule has 2 nitrogen and oxygen atoms in total. The van der Waals surface area contributed by atoms with Crippen molar-refractivity contribution in [3.63, 3.8) is 0 Å². The molecule has 16 heavy (non-hydrogen) atoms. The van der Waals surface area contributed by atoms with Crippen molar-refractivity contribution in [1.82, 2.24) is 9.80 Å². The first kappa shape index (κ1) is 11.6. The summed E-state index contributed by atoms with van der Waals surface area (Å²) in [5, 5.41) is 0. The maximum absolute atomic E-state index is 2.55. The topological polar surface area (TPSA) is 6.48 Å². The van der Waals surface area contributed by atoms with E-state index in [4.69, 9.17) is 0 Å². The third-order valence-electron chi connectivity index (χ3n) is 3.50. The van der Waals surface area contributed by atoms with E-state index in [-0.39, 0.29) is 0 Å². The van der Waals surface area contributed by atoms with Crippen molar-refractivity contribution in [3.8, 4) is 0 Å². The van der Waals surface area contributed by atoms with Gasteiger partial charge in [0.1, 0.15) is 0 Å². The van der Waals surface area contributed by atoms with E-state index >= 15 is 0 Å². The van der Waals surface area contributed by atoms with Crippen molar-refractivity contribution in [2.45, 2.75) is 25.9 Å². The van der Waals surface area contributed by atoms with Crippen molar-refractivity contribution in [2.75, 3.05) is 27.2 Å². The normalized spacial score (nSPS) is 21.9. The Labute approximate surface area is 98.9 Å². The standard InChI is InChI=1S/C14H22N2/c1-12-4-6-13(7-5-12)10-16-9-8-14(11-16)15(2)3/h4-7,14H,8-11H2,1-3H3. The molecule has 0 aliphatic carbocycles. The number of likely N-dealkylation sites (N-methyl/N-ethyl adjacent to an activating group) is 1. The van der Waals surface area contributed by atoms with Crippen molar-refractivity contribution in [1.29, 1.82) is 0 Å². The molecule has 1 unspecified atom stereocenters. The van der Waals surface area contributed by atoms with E-state index < -0.39 is 0 Å². The number of hydrogen-bond acceptors (Lipinski definition) is 2. The first-order valence-electron chi connectivity index (χ1n) is 6.09. The lowest BCUT2D eigenvalue weighted by Crippen LogP contribution is -2.31. The molecule has 0 amide bonds. The minimum Gasteiger partial charge on any atom is -0.305 e. The molecule has 2 rings (SSSR count). The average Bonchev–Trinajstić information content (AvgIpc) is 2.70. The van der Waals surface area contributed by atoms with Crippen LogP contribution in [-0.2, 0) is 6.54 Å². The zero-order chi connectivity index (χ0) is 11.5. The first-order chi connectivity index (χ1) is 7.65. The van der Waals surface area contributed by atoms with E-state index in [0.29, 0.717) is 0 Å². The van der Waals surface area contributed by atoms with E-state index in [1.807, 2.05) is 0 Å². The maximum atomic E-state index is 2.55. The highest BCUT2D eigenvalue weighted by atomic mass is 15.2. The summed E-state index contributed by atoms with van der Waals surface area (Å²) in [6.07, 6.45) is 1.30. The highest BCUT2D eigenvalue weighted by Crippen LogP contribution is 2.16. The van der Waals surface area contributed by atoms with Gasteiger partial charge in [-0.3, -0.25) is 4.90 Å². The fourth-order valence-electron chi connectivity index (χ4n) is 2.33. The predicted molar refractivity (Wildman–Crippen MR) is 68.5 cm³/mol. The van der Waals surface area contributed by atoms with Gasteiger partial charge in [-0.15, -0.1) is 0 Å². The molecule has 0 saturated carbocycles. The number of nitrogens with zero attached hydrogens (tertiary/aromatic N) is 2. The molecule has 0 radical (unpaired) electrons. The van der Waals surface area contributed by atoms with Gasteiger partial charge in [-0.05, 0) is 33.0 Å². The Morgan fingerprint density at radius 1 is 1.25 bits per heavy atom. The molecule has 1 atom stereocenters. The van der Waals surface area contributed by atoms with E-state index in [1.165, 1.54) is 30.6 Å². The smallest absolute Gasteiger partial charge is 0.0234 e. The summed E-state index contributed by atoms with van der Waals surface area (Å²) in [5.41, 5.74) is 2.78. The quantitative estimate of drug-likeness (QED) is 0.767. The second-order valence-corrected chi connectivity index (χ2v) is 5.13. The largest absolute Gasteiger partial charge is 0.305 e. The van der Waals surface area contributed by atoms with Crippen LogP contribution in [0.1, 0.15) is 17.5 Å². The summed E-state index contributed by atoms with van der Waals surface area (Å²) >= 11 is 0. The van der Waals surface area contributed by atoms with Crippen LogP contribution in [0.25, 0.3) is 0 Å². The van der Waals surface area contributed by atoms with Crippen molar-refractivity contribution in [3.05, 3.63) is 35.4 Å². The molecule has 1 aliphatic heterocycles. The number of benzene rings is 1. The molecule has 0 N–H and O–H groups in total. The predicted octanol–water partition coefficient (Wildman–Crippen LogP) is 2.13. The maximum Gasteiger partial charge on any atom is 0.0234 e. The SMILES string of the molecule is Cc1ccc(CN2CCC(N(C)C)C2)cc1. The number of hydrogen-bond donors (Lipinski definition) is 0. The molecule has 2 heteroatoms. The summed E-state index contributed by atoms with van der Waals surface area (Å²) in [7, 11) is 4.36. The van der Waals surface area contributed by atoms with Crippen molar-refractivity contribution < 1.29 is 0 Å². The molecule has 1 heterocycles. The van der Waals surface area contributed by atoms with Crippen LogP contribution < -0.4 is 0 Å². The molecule has 1 aromatic rings. The molecule has 1 aliphatic rings. The third-order valence-corrected chi connectivity index (χ3v) is 3.50. The van der Waals surface area contributed by atoms with Crippen LogP contribution in [-0.4, -0.2) is 43.0 Å². The highest BCUT2D eigenvalue weighted by Gasteiger charge is 2.23. The average molecular weight is 218 g/mol. The summed E-state index contributed by atoms with van der Waals surface area (Å²) in [5.74, 6) is 0. The molecule has 0 aromatic heterocycles. The number of likely N-dealkylation sites (tertiary alicyclic amines) is 1. The van der Waals surface area contributed by atoms with E-state index in [9.17, 15) is 0 Å². The Hall–Kier alpha value is -0.860. The zero-order valence-electron chi connectivity index (χ0n) is 10.6. The van der Waals surface area contributed by atoms with Crippen LogP contribution in [0.2, 0.25) is 0 Å². The second-order valence-electron chi connectivity index (χ2n) is 5.13. The molecule has 1 aromatic carbocycles. The Morgan fingerprint density at radius 2 is 1.94 bits per heavy atom. The van der Waals surface area contributed by atoms with E-state index in [2.05, 4.69) is 55.1 Å². The van der Waals surface area contributed by atoms with Gasteiger partial charge < -0.3 is 4.90 Å². The number of aryl methyl sites for hydroxylation is 1. The van der Waals surface area contributed by atoms with E-state index in [0.717, 1.165) is 12.6 Å². The molecule has 1 saturated heterocycles. The van der Waals surface area contributed by atoms with Crippen LogP contribution >= 0.6 is 0 Å². The van der Waals surface area contributed by atoms with Crippen LogP contribution in [0.5, 0.6) is 0 Å². The fraction of sp³-hybridized carbons (Fsp3) is 0.571. The number of rotatable bonds is 3. The molecule has 0 spiro atoms. The fourth-order valence-corrected chi connectivity index (χ4v) is 2.33. The molecular formula is C14H22N2. The van der Waals surface area contributed by atoms with Gasteiger partial charge in [-0.1, -0.05) is 29.8 Å². The van der Waals surface area contributed by atoms with Gasteiger partial charge in [0.2, 0.25) is 0 Å². The van der Waals surface area contributed by atoms with Crippen molar-refractivity contribution >= 4 is 0 Å². The van der Waals surface area contributed by atoms with Crippen LogP contribution in [0.4, 0.5) is 0 Å². The van der Waals surface area contributed by atoms with Gasteiger partial charge in [-0.2, -0.15) is 0 Å². The monoisotopic (exact) mass is 218 g/mol. The Balaban J connectivity index is 1.89. The molecular weight excluding hydrogens is 196 g/mol. The van der Waals surface area contributed by atoms with Gasteiger partial charge in [-0.25, -0.2) is 0 Å². The lowest BCUT2D eigenvalue weighted by molar-refractivity contribution is 0.264. The van der Waals surface area contributed by atoms with Gasteiger partial charge in [0.05, 0.1) is 0 Å². The lowest BCUT2D eigenvalue weighted by Gasteiger charge is -2.20. The minimum atomic E-state index is 0.741.